The molecule has 1 aromatic rings. The predicted molar refractivity (Wildman–Crippen MR) is 87.2 cm³/mol. The van der Waals surface area contributed by atoms with Crippen molar-refractivity contribution in [3.8, 4) is 0 Å². The van der Waals surface area contributed by atoms with E-state index in [1.807, 2.05) is 22.7 Å². The molecule has 0 bridgehead atoms. The minimum atomic E-state index is -3.45. The zero-order valence-electron chi connectivity index (χ0n) is 12.5. The number of sulfonamides is 1. The van der Waals surface area contributed by atoms with Gasteiger partial charge < -0.3 is 4.90 Å². The van der Waals surface area contributed by atoms with E-state index >= 15 is 0 Å². The van der Waals surface area contributed by atoms with Gasteiger partial charge in [-0.25, -0.2) is 13.1 Å². The maximum Gasteiger partial charge on any atom is 0.240 e. The largest absolute Gasteiger partial charge is 0.338 e. The smallest absolute Gasteiger partial charge is 0.240 e. The van der Waals surface area contributed by atoms with Crippen LogP contribution in [0.4, 0.5) is 0 Å². The van der Waals surface area contributed by atoms with Crippen molar-refractivity contribution in [2.45, 2.75) is 24.3 Å². The molecule has 0 spiro atoms. The topological polar surface area (TPSA) is 66.5 Å². The van der Waals surface area contributed by atoms with Crippen molar-refractivity contribution >= 4 is 27.7 Å². The molecular formula is C15H20N2O3S2. The quantitative estimate of drug-likeness (QED) is 0.899. The summed E-state index contributed by atoms with van der Waals surface area (Å²) in [4.78, 5) is 14.8. The lowest BCUT2D eigenvalue weighted by Gasteiger charge is -2.31. The minimum Gasteiger partial charge on any atom is -0.338 e. The number of nitrogens with zero attached hydrogens (tertiary/aromatic N) is 1. The Bertz CT molecular complexity index is 682. The van der Waals surface area contributed by atoms with Gasteiger partial charge in [-0.2, -0.15) is 11.8 Å². The molecule has 3 rings (SSSR count). The zero-order chi connectivity index (χ0) is 15.7. The summed E-state index contributed by atoms with van der Waals surface area (Å²) in [6.07, 6.45) is 1.55. The first-order valence-electron chi connectivity index (χ1n) is 7.44. The second-order valence-electron chi connectivity index (χ2n) is 5.67. The molecule has 7 heteroatoms. The molecule has 0 saturated carbocycles. The van der Waals surface area contributed by atoms with Crippen LogP contribution in [0.25, 0.3) is 0 Å². The Labute approximate surface area is 135 Å². The molecule has 120 valence electrons. The normalized spacial score (nSPS) is 21.7. The predicted octanol–water partition coefficient (Wildman–Crippen LogP) is 1.23. The number of thioether (sulfide) groups is 1. The van der Waals surface area contributed by atoms with Crippen LogP contribution in [0, 0.1) is 5.92 Å². The number of carbonyl (C=O) groups excluding carboxylic acids is 1. The van der Waals surface area contributed by atoms with E-state index in [-0.39, 0.29) is 11.8 Å². The number of amides is 1. The molecule has 2 aliphatic heterocycles. The fourth-order valence-electron chi connectivity index (χ4n) is 3.11. The first kappa shape index (κ1) is 15.8. The van der Waals surface area contributed by atoms with Crippen LogP contribution in [0.1, 0.15) is 17.5 Å². The molecule has 0 aliphatic carbocycles. The highest BCUT2D eigenvalue weighted by Crippen LogP contribution is 2.29. The van der Waals surface area contributed by atoms with E-state index in [2.05, 4.69) is 4.72 Å². The van der Waals surface area contributed by atoms with Crippen molar-refractivity contribution in [3.05, 3.63) is 29.3 Å². The summed E-state index contributed by atoms with van der Waals surface area (Å²) in [6.45, 7) is 1.12. The van der Waals surface area contributed by atoms with E-state index in [1.165, 1.54) is 7.05 Å². The lowest BCUT2D eigenvalue weighted by molar-refractivity contribution is -0.135. The van der Waals surface area contributed by atoms with Gasteiger partial charge in [-0.3, -0.25) is 4.79 Å². The van der Waals surface area contributed by atoms with Gasteiger partial charge in [0.25, 0.3) is 0 Å². The third kappa shape index (κ3) is 2.89. The van der Waals surface area contributed by atoms with E-state index in [1.54, 1.807) is 12.1 Å². The van der Waals surface area contributed by atoms with Gasteiger partial charge >= 0.3 is 0 Å². The minimum absolute atomic E-state index is 0.135. The summed E-state index contributed by atoms with van der Waals surface area (Å²) < 4.78 is 26.6. The SMILES string of the molecule is CNS(=O)(=O)c1cccc2c1CCN(C(=O)C1CCSC1)C2. The van der Waals surface area contributed by atoms with Crippen LogP contribution in [0.15, 0.2) is 23.1 Å². The third-order valence-electron chi connectivity index (χ3n) is 4.37. The summed E-state index contributed by atoms with van der Waals surface area (Å²) in [6, 6.07) is 5.31. The highest BCUT2D eigenvalue weighted by molar-refractivity contribution is 7.99. The van der Waals surface area contributed by atoms with E-state index in [0.29, 0.717) is 24.4 Å². The van der Waals surface area contributed by atoms with Crippen LogP contribution >= 0.6 is 11.8 Å². The van der Waals surface area contributed by atoms with Crippen molar-refractivity contribution in [3.63, 3.8) is 0 Å². The highest BCUT2D eigenvalue weighted by atomic mass is 32.2. The number of hydrogen-bond acceptors (Lipinski definition) is 4. The molecular weight excluding hydrogens is 320 g/mol. The number of carbonyl (C=O) groups is 1. The Balaban J connectivity index is 1.85. The Morgan fingerprint density at radius 3 is 2.91 bits per heavy atom. The Morgan fingerprint density at radius 1 is 1.41 bits per heavy atom. The van der Waals surface area contributed by atoms with Gasteiger partial charge in [0.2, 0.25) is 15.9 Å². The molecule has 22 heavy (non-hydrogen) atoms. The molecule has 1 saturated heterocycles. The first-order valence-corrected chi connectivity index (χ1v) is 10.1. The first-order chi connectivity index (χ1) is 10.5. The molecule has 1 N–H and O–H groups in total. The Morgan fingerprint density at radius 2 is 2.23 bits per heavy atom. The number of rotatable bonds is 3. The standard InChI is InChI=1S/C15H20N2O3S2/c1-16-22(19,20)14-4-2-3-11-9-17(7-5-13(11)14)15(18)12-6-8-21-10-12/h2-4,12,16H,5-10H2,1H3. The van der Waals surface area contributed by atoms with Crippen LogP contribution < -0.4 is 4.72 Å². The van der Waals surface area contributed by atoms with Gasteiger partial charge in [0.15, 0.2) is 0 Å². The van der Waals surface area contributed by atoms with E-state index in [9.17, 15) is 13.2 Å². The van der Waals surface area contributed by atoms with Gasteiger partial charge in [0.1, 0.15) is 0 Å². The molecule has 1 fully saturated rings. The summed E-state index contributed by atoms with van der Waals surface area (Å²) in [5.74, 6) is 2.33. The van der Waals surface area contributed by atoms with Crippen molar-refractivity contribution in [2.75, 3.05) is 25.1 Å². The monoisotopic (exact) mass is 340 g/mol. The average molecular weight is 340 g/mol. The molecule has 1 amide bonds. The molecule has 5 nitrogen and oxygen atoms in total. The van der Waals surface area contributed by atoms with E-state index < -0.39 is 10.0 Å². The van der Waals surface area contributed by atoms with Gasteiger partial charge in [0, 0.05) is 24.8 Å². The highest BCUT2D eigenvalue weighted by Gasteiger charge is 2.31. The van der Waals surface area contributed by atoms with Crippen LogP contribution in [0.2, 0.25) is 0 Å². The lowest BCUT2D eigenvalue weighted by Crippen LogP contribution is -2.40. The second kappa shape index (κ2) is 6.22. The molecule has 2 aliphatic rings. The maximum atomic E-state index is 12.5. The van der Waals surface area contributed by atoms with Crippen LogP contribution in [-0.2, 0) is 27.8 Å². The summed E-state index contributed by atoms with van der Waals surface area (Å²) >= 11 is 1.83. The van der Waals surface area contributed by atoms with Gasteiger partial charge in [-0.1, -0.05) is 12.1 Å². The summed E-state index contributed by atoms with van der Waals surface area (Å²) in [5, 5.41) is 0. The summed E-state index contributed by atoms with van der Waals surface area (Å²) in [5.41, 5.74) is 1.79. The van der Waals surface area contributed by atoms with Crippen LogP contribution in [0.3, 0.4) is 0 Å². The van der Waals surface area contributed by atoms with Crippen LogP contribution in [-0.4, -0.2) is 44.3 Å². The second-order valence-corrected chi connectivity index (χ2v) is 8.68. The fourth-order valence-corrected chi connectivity index (χ4v) is 5.36. The zero-order valence-corrected chi connectivity index (χ0v) is 14.2. The molecule has 1 atom stereocenters. The van der Waals surface area contributed by atoms with E-state index in [4.69, 9.17) is 0 Å². The van der Waals surface area contributed by atoms with Gasteiger partial charge in [0.05, 0.1) is 4.90 Å². The molecule has 2 heterocycles. The van der Waals surface area contributed by atoms with Crippen LogP contribution in [0.5, 0.6) is 0 Å². The number of hydrogen-bond donors (Lipinski definition) is 1. The van der Waals surface area contributed by atoms with Crippen molar-refractivity contribution < 1.29 is 13.2 Å². The molecule has 1 unspecified atom stereocenters. The van der Waals surface area contributed by atoms with E-state index in [0.717, 1.165) is 29.1 Å². The van der Waals surface area contributed by atoms with Crippen molar-refractivity contribution in [2.24, 2.45) is 5.92 Å². The third-order valence-corrected chi connectivity index (χ3v) is 7.03. The average Bonchev–Trinajstić information content (AvgIpc) is 3.07. The van der Waals surface area contributed by atoms with Gasteiger partial charge in [-0.05, 0) is 42.8 Å². The number of benzene rings is 1. The summed E-state index contributed by atoms with van der Waals surface area (Å²) in [7, 11) is -2.03. The number of fused-ring (bicyclic) bond motifs is 1. The molecule has 0 aromatic heterocycles. The molecule has 1 aromatic carbocycles. The fraction of sp³-hybridized carbons (Fsp3) is 0.533. The number of nitrogens with one attached hydrogen (secondary N) is 1. The van der Waals surface area contributed by atoms with Gasteiger partial charge in [-0.15, -0.1) is 0 Å². The Kier molecular flexibility index (Phi) is 4.47. The van der Waals surface area contributed by atoms with Crippen molar-refractivity contribution in [1.29, 1.82) is 0 Å². The van der Waals surface area contributed by atoms with Crippen molar-refractivity contribution in [1.82, 2.24) is 9.62 Å². The maximum absolute atomic E-state index is 12.5. The molecule has 0 radical (unpaired) electrons. The lowest BCUT2D eigenvalue weighted by atomic mass is 9.98. The Hall–Kier alpha value is -1.05.